The zero-order valence-corrected chi connectivity index (χ0v) is 18.6. The maximum atomic E-state index is 13.6. The van der Waals surface area contributed by atoms with Crippen LogP contribution in [-0.2, 0) is 33.2 Å². The third-order valence-corrected chi connectivity index (χ3v) is 5.07. The zero-order chi connectivity index (χ0) is 25.0. The van der Waals surface area contributed by atoms with Crippen molar-refractivity contribution in [3.8, 4) is 5.69 Å². The number of rotatable bonds is 8. The van der Waals surface area contributed by atoms with Crippen molar-refractivity contribution in [1.82, 2.24) is 20.1 Å². The number of amides is 1. The first-order valence-electron chi connectivity index (χ1n) is 9.63. The molecule has 14 heteroatoms. The number of pyridine rings is 1. The number of benzene rings is 1. The Morgan fingerprint density at radius 1 is 1.29 bits per heavy atom. The minimum atomic E-state index is -4.73. The molecule has 0 radical (unpaired) electrons. The fraction of sp³-hybridized carbons (Fsp3) is 0.250. The maximum Gasteiger partial charge on any atom is 0.435 e. The van der Waals surface area contributed by atoms with Gasteiger partial charge < -0.3 is 9.87 Å². The SMILES string of the molecule is CC(C(=O)NCc1cc(C(F)(F)F)nn1-c1cccc(F)c1)c1ccc(N(C)OS(=O)[O-])nc1. The van der Waals surface area contributed by atoms with E-state index in [0.717, 1.165) is 27.9 Å². The van der Waals surface area contributed by atoms with Crippen molar-refractivity contribution in [2.75, 3.05) is 12.1 Å². The number of nitrogens with one attached hydrogen (secondary N) is 1. The number of nitrogens with zero attached hydrogens (tertiary/aromatic N) is 4. The highest BCUT2D eigenvalue weighted by atomic mass is 32.2. The average Bonchev–Trinajstić information content (AvgIpc) is 3.21. The highest BCUT2D eigenvalue weighted by molar-refractivity contribution is 7.74. The number of hydrogen-bond donors (Lipinski definition) is 1. The second-order valence-corrected chi connectivity index (χ2v) is 7.63. The fourth-order valence-corrected chi connectivity index (χ4v) is 3.23. The molecule has 0 bridgehead atoms. The van der Waals surface area contributed by atoms with E-state index >= 15 is 0 Å². The molecule has 1 aromatic carbocycles. The molecule has 0 fully saturated rings. The van der Waals surface area contributed by atoms with E-state index in [1.165, 1.54) is 37.5 Å². The Hall–Kier alpha value is -3.36. The van der Waals surface area contributed by atoms with Gasteiger partial charge in [-0.2, -0.15) is 22.6 Å². The molecule has 1 amide bonds. The lowest BCUT2D eigenvalue weighted by Crippen LogP contribution is -2.28. The Morgan fingerprint density at radius 3 is 2.62 bits per heavy atom. The van der Waals surface area contributed by atoms with Crippen LogP contribution in [0.3, 0.4) is 0 Å². The number of halogens is 4. The van der Waals surface area contributed by atoms with E-state index in [0.29, 0.717) is 5.56 Å². The quantitative estimate of drug-likeness (QED) is 0.287. The first kappa shape index (κ1) is 25.3. The Labute approximate surface area is 193 Å². The maximum absolute atomic E-state index is 13.6. The summed E-state index contributed by atoms with van der Waals surface area (Å²) in [6.07, 6.45) is -3.39. The summed E-state index contributed by atoms with van der Waals surface area (Å²) in [5.74, 6) is -1.74. The molecule has 0 aliphatic carbocycles. The Kier molecular flexibility index (Phi) is 7.64. The third kappa shape index (κ3) is 6.15. The Morgan fingerprint density at radius 2 is 2.03 bits per heavy atom. The average molecular weight is 500 g/mol. The topological polar surface area (TPSA) is 112 Å². The predicted molar refractivity (Wildman–Crippen MR) is 111 cm³/mol. The molecule has 0 aliphatic rings. The number of carbonyl (C=O) groups excluding carboxylic acids is 1. The molecule has 2 atom stereocenters. The molecule has 2 aromatic heterocycles. The number of carbonyl (C=O) groups is 1. The van der Waals surface area contributed by atoms with Gasteiger partial charge >= 0.3 is 6.18 Å². The van der Waals surface area contributed by atoms with Gasteiger partial charge in [-0.25, -0.2) is 23.3 Å². The largest absolute Gasteiger partial charge is 0.748 e. The van der Waals surface area contributed by atoms with Crippen LogP contribution in [0.25, 0.3) is 5.69 Å². The smallest absolute Gasteiger partial charge is 0.435 e. The zero-order valence-electron chi connectivity index (χ0n) is 17.7. The van der Waals surface area contributed by atoms with E-state index in [9.17, 15) is 31.1 Å². The van der Waals surface area contributed by atoms with Gasteiger partial charge in [-0.1, -0.05) is 12.1 Å². The van der Waals surface area contributed by atoms with Crippen LogP contribution >= 0.6 is 0 Å². The van der Waals surface area contributed by atoms with Gasteiger partial charge in [0.25, 0.3) is 0 Å². The molecular formula is C20H18F4N5O4S-. The standard InChI is InChI=1S/C20H19F4N5O4S/c1-12(13-6-7-18(25-10-13)28(2)33-34(31)32)19(30)26-11-16-9-17(20(22,23)24)27-29(16)15-5-3-4-14(21)8-15/h3-10,12H,11H2,1-2H3,(H,26,30)(H,31,32)/p-1. The summed E-state index contributed by atoms with van der Waals surface area (Å²) in [5, 5.41) is 6.97. The molecule has 3 rings (SSSR count). The summed E-state index contributed by atoms with van der Waals surface area (Å²) in [4.78, 5) is 16.6. The Balaban J connectivity index is 1.75. The van der Waals surface area contributed by atoms with Gasteiger partial charge in [-0.3, -0.25) is 4.79 Å². The molecule has 0 aliphatic heterocycles. The molecule has 1 N–H and O–H groups in total. The predicted octanol–water partition coefficient (Wildman–Crippen LogP) is 3.01. The lowest BCUT2D eigenvalue weighted by Gasteiger charge is -2.19. The van der Waals surface area contributed by atoms with Crippen molar-refractivity contribution in [3.63, 3.8) is 0 Å². The number of anilines is 1. The van der Waals surface area contributed by atoms with E-state index in [1.807, 2.05) is 0 Å². The van der Waals surface area contributed by atoms with Gasteiger partial charge in [0, 0.05) is 13.2 Å². The van der Waals surface area contributed by atoms with E-state index in [2.05, 4.69) is 19.7 Å². The van der Waals surface area contributed by atoms with Crippen molar-refractivity contribution in [1.29, 1.82) is 0 Å². The van der Waals surface area contributed by atoms with Crippen LogP contribution in [0.15, 0.2) is 48.7 Å². The van der Waals surface area contributed by atoms with E-state index in [1.54, 1.807) is 6.92 Å². The van der Waals surface area contributed by atoms with Crippen molar-refractivity contribution in [3.05, 3.63) is 71.4 Å². The van der Waals surface area contributed by atoms with Gasteiger partial charge in [-0.15, -0.1) is 0 Å². The highest BCUT2D eigenvalue weighted by Gasteiger charge is 2.35. The van der Waals surface area contributed by atoms with Crippen LogP contribution in [-0.4, -0.2) is 36.5 Å². The number of hydroxylamine groups is 1. The van der Waals surface area contributed by atoms with E-state index in [-0.39, 0.29) is 23.7 Å². The van der Waals surface area contributed by atoms with Crippen LogP contribution in [0.2, 0.25) is 0 Å². The number of aromatic nitrogens is 3. The van der Waals surface area contributed by atoms with Crippen LogP contribution < -0.4 is 10.4 Å². The first-order valence-corrected chi connectivity index (χ1v) is 10.6. The van der Waals surface area contributed by atoms with Crippen molar-refractivity contribution < 1.29 is 35.4 Å². The van der Waals surface area contributed by atoms with Crippen molar-refractivity contribution in [2.24, 2.45) is 0 Å². The summed E-state index contributed by atoms with van der Waals surface area (Å²) in [6.45, 7) is 1.25. The van der Waals surface area contributed by atoms with Crippen LogP contribution in [0.4, 0.5) is 23.4 Å². The summed E-state index contributed by atoms with van der Waals surface area (Å²) in [6, 6.07) is 8.63. The van der Waals surface area contributed by atoms with E-state index < -0.39 is 40.9 Å². The Bertz CT molecular complexity index is 1190. The van der Waals surface area contributed by atoms with Crippen LogP contribution in [0, 0.1) is 5.82 Å². The number of hydrogen-bond acceptors (Lipinski definition) is 7. The molecule has 2 heterocycles. The molecule has 2 unspecified atom stereocenters. The molecular weight excluding hydrogens is 482 g/mol. The summed E-state index contributed by atoms with van der Waals surface area (Å²) < 4.78 is 79.7. The molecule has 34 heavy (non-hydrogen) atoms. The van der Waals surface area contributed by atoms with Gasteiger partial charge in [0.1, 0.15) is 17.2 Å². The van der Waals surface area contributed by atoms with Gasteiger partial charge in [0.2, 0.25) is 5.91 Å². The molecule has 182 valence electrons. The molecule has 3 aromatic rings. The minimum absolute atomic E-state index is 0.00339. The van der Waals surface area contributed by atoms with Crippen LogP contribution in [0.1, 0.15) is 29.8 Å². The normalized spacial score (nSPS) is 13.4. The van der Waals surface area contributed by atoms with Gasteiger partial charge in [0.15, 0.2) is 11.5 Å². The third-order valence-electron chi connectivity index (χ3n) is 4.73. The molecule has 0 saturated carbocycles. The second-order valence-electron chi connectivity index (χ2n) is 7.08. The van der Waals surface area contributed by atoms with Crippen molar-refractivity contribution in [2.45, 2.75) is 25.6 Å². The highest BCUT2D eigenvalue weighted by Crippen LogP contribution is 2.30. The van der Waals surface area contributed by atoms with Crippen LogP contribution in [0.5, 0.6) is 0 Å². The monoisotopic (exact) mass is 500 g/mol. The van der Waals surface area contributed by atoms with Gasteiger partial charge in [-0.05, 0) is 42.8 Å². The number of alkyl halides is 3. The minimum Gasteiger partial charge on any atom is -0.748 e. The molecule has 9 nitrogen and oxygen atoms in total. The molecule has 0 saturated heterocycles. The van der Waals surface area contributed by atoms with Gasteiger partial charge in [0.05, 0.1) is 23.8 Å². The molecule has 0 spiro atoms. The summed E-state index contributed by atoms with van der Waals surface area (Å²) in [5.41, 5.74) is -0.652. The lowest BCUT2D eigenvalue weighted by molar-refractivity contribution is -0.141. The summed E-state index contributed by atoms with van der Waals surface area (Å²) >= 11 is -2.79. The van der Waals surface area contributed by atoms with E-state index in [4.69, 9.17) is 0 Å². The van der Waals surface area contributed by atoms with Crippen molar-refractivity contribution >= 4 is 23.1 Å². The second kappa shape index (κ2) is 10.3. The lowest BCUT2D eigenvalue weighted by atomic mass is 10.0. The summed E-state index contributed by atoms with van der Waals surface area (Å²) in [7, 11) is 1.32. The fourth-order valence-electron chi connectivity index (χ4n) is 2.97. The first-order chi connectivity index (χ1) is 16.0.